The van der Waals surface area contributed by atoms with Gasteiger partial charge in [0.2, 0.25) is 0 Å². The number of fused-ring (bicyclic) bond motifs is 1. The summed E-state index contributed by atoms with van der Waals surface area (Å²) in [6.07, 6.45) is 1.03. The number of hydrogen-bond acceptors (Lipinski definition) is 4. The summed E-state index contributed by atoms with van der Waals surface area (Å²) in [5, 5.41) is 26.7. The predicted molar refractivity (Wildman–Crippen MR) is 96.0 cm³/mol. The Kier molecular flexibility index (Phi) is 5.51. The molecule has 1 fully saturated rings. The molecule has 3 N–H and O–H groups in total. The fraction of sp³-hybridized carbons (Fsp3) is 0.500. The van der Waals surface area contributed by atoms with Gasteiger partial charge in [0.15, 0.2) is 0 Å². The first-order chi connectivity index (χ1) is 11.6. The number of nitrogens with one attached hydrogen (secondary N) is 1. The Morgan fingerprint density at radius 2 is 1.83 bits per heavy atom. The molecule has 2 atom stereocenters. The molecular weight excluding hydrogens is 302 g/mol. The Morgan fingerprint density at radius 3 is 2.62 bits per heavy atom. The summed E-state index contributed by atoms with van der Waals surface area (Å²) in [7, 11) is 0. The van der Waals surface area contributed by atoms with Crippen molar-refractivity contribution in [3.8, 4) is 0 Å². The van der Waals surface area contributed by atoms with E-state index < -0.39 is 11.7 Å². The summed E-state index contributed by atoms with van der Waals surface area (Å²) >= 11 is 0. The van der Waals surface area contributed by atoms with Gasteiger partial charge in [0, 0.05) is 32.2 Å². The zero-order chi connectivity index (χ0) is 17.0. The fourth-order valence-electron chi connectivity index (χ4n) is 3.52. The van der Waals surface area contributed by atoms with Crippen LogP contribution in [0, 0.1) is 0 Å². The highest BCUT2D eigenvalue weighted by Crippen LogP contribution is 2.27. The molecule has 1 heterocycles. The number of rotatable bonds is 6. The van der Waals surface area contributed by atoms with Crippen LogP contribution < -0.4 is 5.32 Å². The minimum atomic E-state index is -0.790. The summed E-state index contributed by atoms with van der Waals surface area (Å²) in [6.45, 7) is 3.72. The molecular formula is C20H27NO3. The molecule has 1 aliphatic heterocycles. The molecule has 1 saturated heterocycles. The number of benzene rings is 2. The molecule has 0 aliphatic carbocycles. The van der Waals surface area contributed by atoms with Gasteiger partial charge in [0.25, 0.3) is 0 Å². The maximum absolute atomic E-state index is 10.5. The monoisotopic (exact) mass is 329 g/mol. The number of aliphatic hydroxyl groups excluding tert-OH is 1. The maximum Gasteiger partial charge on any atom is 0.0716 e. The first kappa shape index (κ1) is 17.4. The van der Waals surface area contributed by atoms with Gasteiger partial charge in [0.1, 0.15) is 0 Å². The molecule has 0 aromatic heterocycles. The van der Waals surface area contributed by atoms with Gasteiger partial charge in [-0.15, -0.1) is 0 Å². The van der Waals surface area contributed by atoms with E-state index in [1.165, 1.54) is 16.3 Å². The van der Waals surface area contributed by atoms with Gasteiger partial charge in [-0.3, -0.25) is 0 Å². The van der Waals surface area contributed by atoms with Gasteiger partial charge in [0.05, 0.1) is 11.7 Å². The van der Waals surface area contributed by atoms with E-state index in [1.54, 1.807) is 0 Å². The van der Waals surface area contributed by atoms with Crippen molar-refractivity contribution in [3.63, 3.8) is 0 Å². The van der Waals surface area contributed by atoms with Crippen LogP contribution in [0.3, 0.4) is 0 Å². The van der Waals surface area contributed by atoms with Crippen LogP contribution in [0.2, 0.25) is 0 Å². The quantitative estimate of drug-likeness (QED) is 0.763. The highest BCUT2D eigenvalue weighted by atomic mass is 16.5. The number of hydrogen-bond donors (Lipinski definition) is 3. The molecule has 4 nitrogen and oxygen atoms in total. The highest BCUT2D eigenvalue weighted by molar-refractivity contribution is 5.86. The molecule has 130 valence electrons. The molecule has 0 amide bonds. The van der Waals surface area contributed by atoms with Crippen molar-refractivity contribution >= 4 is 10.8 Å². The standard InChI is InChI=1S/C20H27NO3/c1-15(18-8-4-6-16-5-2-3-7-19(16)18)21-14-17(22)13-20(23)9-11-24-12-10-20/h2-8,15,17,21-23H,9-14H2,1H3. The van der Waals surface area contributed by atoms with Crippen molar-refractivity contribution in [3.05, 3.63) is 48.0 Å². The SMILES string of the molecule is CC(NCC(O)CC1(O)CCOCC1)c1cccc2ccccc12. The summed E-state index contributed by atoms with van der Waals surface area (Å²) < 4.78 is 5.29. The maximum atomic E-state index is 10.5. The topological polar surface area (TPSA) is 61.7 Å². The average molecular weight is 329 g/mol. The van der Waals surface area contributed by atoms with Crippen LogP contribution in [-0.2, 0) is 4.74 Å². The second-order valence-corrected chi connectivity index (χ2v) is 6.89. The van der Waals surface area contributed by atoms with Crippen LogP contribution in [0.15, 0.2) is 42.5 Å². The van der Waals surface area contributed by atoms with E-state index in [9.17, 15) is 10.2 Å². The van der Waals surface area contributed by atoms with Gasteiger partial charge in [-0.05, 0) is 36.1 Å². The highest BCUT2D eigenvalue weighted by Gasteiger charge is 2.32. The minimum Gasteiger partial charge on any atom is -0.392 e. The van der Waals surface area contributed by atoms with Crippen molar-refractivity contribution in [2.45, 2.75) is 43.9 Å². The molecule has 0 radical (unpaired) electrons. The Hall–Kier alpha value is -1.46. The first-order valence-electron chi connectivity index (χ1n) is 8.77. The Labute approximate surface area is 143 Å². The lowest BCUT2D eigenvalue weighted by molar-refractivity contribution is -0.0862. The summed E-state index contributed by atoms with van der Waals surface area (Å²) in [5.74, 6) is 0. The minimum absolute atomic E-state index is 0.134. The van der Waals surface area contributed by atoms with E-state index in [0.717, 1.165) is 0 Å². The molecule has 3 rings (SSSR count). The second kappa shape index (κ2) is 7.62. The summed E-state index contributed by atoms with van der Waals surface area (Å²) in [6, 6.07) is 14.8. The third kappa shape index (κ3) is 4.14. The molecule has 24 heavy (non-hydrogen) atoms. The molecule has 2 aromatic carbocycles. The van der Waals surface area contributed by atoms with Gasteiger partial charge in [-0.2, -0.15) is 0 Å². The van der Waals surface area contributed by atoms with Gasteiger partial charge >= 0.3 is 0 Å². The zero-order valence-corrected chi connectivity index (χ0v) is 14.2. The third-order valence-electron chi connectivity index (χ3n) is 4.99. The number of ether oxygens (including phenoxy) is 1. The number of aliphatic hydroxyl groups is 2. The van der Waals surface area contributed by atoms with E-state index in [4.69, 9.17) is 4.74 Å². The molecule has 0 bridgehead atoms. The molecule has 0 saturated carbocycles. The van der Waals surface area contributed by atoms with Gasteiger partial charge in [-0.1, -0.05) is 42.5 Å². The lowest BCUT2D eigenvalue weighted by Crippen LogP contribution is -2.42. The van der Waals surface area contributed by atoms with Crippen molar-refractivity contribution in [2.24, 2.45) is 0 Å². The summed E-state index contributed by atoms with van der Waals surface area (Å²) in [5.41, 5.74) is 0.437. The van der Waals surface area contributed by atoms with Crippen molar-refractivity contribution in [1.29, 1.82) is 0 Å². The van der Waals surface area contributed by atoms with Gasteiger partial charge < -0.3 is 20.3 Å². The van der Waals surface area contributed by atoms with Crippen LogP contribution in [0.5, 0.6) is 0 Å². The average Bonchev–Trinajstić information content (AvgIpc) is 2.59. The van der Waals surface area contributed by atoms with Crippen molar-refractivity contribution in [1.82, 2.24) is 5.32 Å². The molecule has 4 heteroatoms. The second-order valence-electron chi connectivity index (χ2n) is 6.89. The fourth-order valence-corrected chi connectivity index (χ4v) is 3.52. The Balaban J connectivity index is 1.59. The molecule has 2 unspecified atom stereocenters. The normalized spacial score (nSPS) is 20.0. The third-order valence-corrected chi connectivity index (χ3v) is 4.99. The first-order valence-corrected chi connectivity index (χ1v) is 8.77. The van der Waals surface area contributed by atoms with E-state index in [2.05, 4.69) is 42.6 Å². The van der Waals surface area contributed by atoms with Crippen molar-refractivity contribution in [2.75, 3.05) is 19.8 Å². The lowest BCUT2D eigenvalue weighted by atomic mass is 9.88. The smallest absolute Gasteiger partial charge is 0.0716 e. The lowest BCUT2D eigenvalue weighted by Gasteiger charge is -2.34. The van der Waals surface area contributed by atoms with E-state index in [0.29, 0.717) is 39.0 Å². The largest absolute Gasteiger partial charge is 0.392 e. The van der Waals surface area contributed by atoms with Crippen LogP contribution >= 0.6 is 0 Å². The van der Waals surface area contributed by atoms with E-state index in [-0.39, 0.29) is 6.04 Å². The van der Waals surface area contributed by atoms with Crippen molar-refractivity contribution < 1.29 is 14.9 Å². The molecule has 0 spiro atoms. The molecule has 2 aromatic rings. The zero-order valence-electron chi connectivity index (χ0n) is 14.2. The Morgan fingerprint density at radius 1 is 1.12 bits per heavy atom. The van der Waals surface area contributed by atoms with Crippen LogP contribution in [0.25, 0.3) is 10.8 Å². The van der Waals surface area contributed by atoms with E-state index >= 15 is 0 Å². The van der Waals surface area contributed by atoms with Crippen LogP contribution in [-0.4, -0.2) is 41.7 Å². The van der Waals surface area contributed by atoms with Crippen LogP contribution in [0.1, 0.15) is 37.8 Å². The van der Waals surface area contributed by atoms with Crippen LogP contribution in [0.4, 0.5) is 0 Å². The Bertz CT molecular complexity index is 661. The van der Waals surface area contributed by atoms with Gasteiger partial charge in [-0.25, -0.2) is 0 Å². The summed E-state index contributed by atoms with van der Waals surface area (Å²) in [4.78, 5) is 0. The predicted octanol–water partition coefficient (Wildman–Crippen LogP) is 2.78. The molecule has 1 aliphatic rings. The van der Waals surface area contributed by atoms with E-state index in [1.807, 2.05) is 12.1 Å².